The third kappa shape index (κ3) is 3.26. The van der Waals surface area contributed by atoms with E-state index in [0.717, 1.165) is 58.2 Å². The van der Waals surface area contributed by atoms with Gasteiger partial charge in [-0.15, -0.1) is 0 Å². The van der Waals surface area contributed by atoms with E-state index in [1.165, 1.54) is 0 Å². The van der Waals surface area contributed by atoms with Crippen LogP contribution in [-0.4, -0.2) is 37.5 Å². The first-order valence-electron chi connectivity index (χ1n) is 7.47. The Labute approximate surface area is 114 Å². The van der Waals surface area contributed by atoms with Gasteiger partial charge in [0.25, 0.3) is 0 Å². The minimum Gasteiger partial charge on any atom is -0.354 e. The predicted octanol–water partition coefficient (Wildman–Crippen LogP) is 0.551. The highest BCUT2D eigenvalue weighted by molar-refractivity contribution is 5.90. The average molecular weight is 267 g/mol. The van der Waals surface area contributed by atoms with Gasteiger partial charge in [-0.2, -0.15) is 0 Å². The number of nitrogens with one attached hydrogen (secondary N) is 3. The van der Waals surface area contributed by atoms with Crippen LogP contribution in [0.5, 0.6) is 0 Å². The average Bonchev–Trinajstić information content (AvgIpc) is 2.65. The minimum absolute atomic E-state index is 0.0270. The highest BCUT2D eigenvalue weighted by Crippen LogP contribution is 2.30. The van der Waals surface area contributed by atoms with Crippen LogP contribution in [0.2, 0.25) is 0 Å². The van der Waals surface area contributed by atoms with Gasteiger partial charge in [0.05, 0.1) is 5.41 Å². The zero-order valence-corrected chi connectivity index (χ0v) is 11.8. The summed E-state index contributed by atoms with van der Waals surface area (Å²) in [6.07, 6.45) is 5.50. The lowest BCUT2D eigenvalue weighted by Crippen LogP contribution is -2.55. The van der Waals surface area contributed by atoms with E-state index in [9.17, 15) is 9.59 Å². The SMILES string of the molecule is CCC1(C(=O)NC2CCCCNC2=O)CCCNC1. The third-order valence-electron chi connectivity index (χ3n) is 4.47. The predicted molar refractivity (Wildman–Crippen MR) is 73.6 cm³/mol. The van der Waals surface area contributed by atoms with Crippen LogP contribution in [0.4, 0.5) is 0 Å². The van der Waals surface area contributed by atoms with Gasteiger partial charge in [0.1, 0.15) is 6.04 Å². The van der Waals surface area contributed by atoms with Gasteiger partial charge in [-0.1, -0.05) is 6.92 Å². The first kappa shape index (κ1) is 14.3. The number of hydrogen-bond donors (Lipinski definition) is 3. The van der Waals surface area contributed by atoms with E-state index in [-0.39, 0.29) is 23.3 Å². The molecule has 0 saturated carbocycles. The van der Waals surface area contributed by atoms with Gasteiger partial charge in [0, 0.05) is 13.1 Å². The lowest BCUT2D eigenvalue weighted by Gasteiger charge is -2.36. The Bertz CT molecular complexity index is 338. The molecule has 0 bridgehead atoms. The molecular weight excluding hydrogens is 242 g/mol. The van der Waals surface area contributed by atoms with Crippen LogP contribution in [0.15, 0.2) is 0 Å². The highest BCUT2D eigenvalue weighted by Gasteiger charge is 2.39. The fourth-order valence-electron chi connectivity index (χ4n) is 3.01. The standard InChI is InChI=1S/C14H25N3O2/c1-2-14(7-5-8-15-10-14)13(19)17-11-6-3-4-9-16-12(11)18/h11,15H,2-10H2,1H3,(H,16,18)(H,17,19). The first-order chi connectivity index (χ1) is 9.18. The van der Waals surface area contributed by atoms with E-state index in [2.05, 4.69) is 22.9 Å². The van der Waals surface area contributed by atoms with Gasteiger partial charge in [-0.25, -0.2) is 0 Å². The molecule has 2 unspecified atom stereocenters. The molecule has 5 heteroatoms. The summed E-state index contributed by atoms with van der Waals surface area (Å²) in [5.41, 5.74) is -0.329. The molecule has 0 aromatic rings. The summed E-state index contributed by atoms with van der Waals surface area (Å²) in [6.45, 7) is 4.49. The van der Waals surface area contributed by atoms with Gasteiger partial charge in [0.2, 0.25) is 11.8 Å². The van der Waals surface area contributed by atoms with Crippen molar-refractivity contribution in [2.24, 2.45) is 5.41 Å². The molecule has 0 radical (unpaired) electrons. The lowest BCUT2D eigenvalue weighted by atomic mass is 9.77. The number of piperidine rings is 1. The van der Waals surface area contributed by atoms with Gasteiger partial charge >= 0.3 is 0 Å². The van der Waals surface area contributed by atoms with E-state index in [0.29, 0.717) is 0 Å². The van der Waals surface area contributed by atoms with Crippen LogP contribution < -0.4 is 16.0 Å². The molecular formula is C14H25N3O2. The largest absolute Gasteiger partial charge is 0.354 e. The van der Waals surface area contributed by atoms with Crippen molar-refractivity contribution < 1.29 is 9.59 Å². The molecule has 2 amide bonds. The molecule has 0 aliphatic carbocycles. The molecule has 2 rings (SSSR count). The van der Waals surface area contributed by atoms with Crippen LogP contribution in [0.25, 0.3) is 0 Å². The van der Waals surface area contributed by atoms with Gasteiger partial charge in [-0.05, 0) is 45.1 Å². The summed E-state index contributed by atoms with van der Waals surface area (Å²) >= 11 is 0. The van der Waals surface area contributed by atoms with Crippen molar-refractivity contribution in [3.8, 4) is 0 Å². The summed E-state index contributed by atoms with van der Waals surface area (Å²) in [4.78, 5) is 24.4. The molecule has 2 aliphatic heterocycles. The van der Waals surface area contributed by atoms with Crippen molar-refractivity contribution in [3.05, 3.63) is 0 Å². The Morgan fingerprint density at radius 1 is 1.37 bits per heavy atom. The van der Waals surface area contributed by atoms with Crippen molar-refractivity contribution in [2.75, 3.05) is 19.6 Å². The number of carbonyl (C=O) groups is 2. The first-order valence-corrected chi connectivity index (χ1v) is 7.47. The Kier molecular flexibility index (Phi) is 4.80. The molecule has 19 heavy (non-hydrogen) atoms. The quantitative estimate of drug-likeness (QED) is 0.699. The molecule has 2 fully saturated rings. The zero-order valence-electron chi connectivity index (χ0n) is 11.8. The molecule has 5 nitrogen and oxygen atoms in total. The van der Waals surface area contributed by atoms with Crippen LogP contribution in [0.1, 0.15) is 45.4 Å². The van der Waals surface area contributed by atoms with E-state index in [1.54, 1.807) is 0 Å². The maximum atomic E-state index is 12.5. The maximum absolute atomic E-state index is 12.5. The molecule has 2 saturated heterocycles. The van der Waals surface area contributed by atoms with E-state index in [1.807, 2.05) is 0 Å². The monoisotopic (exact) mass is 267 g/mol. The van der Waals surface area contributed by atoms with Gasteiger partial charge < -0.3 is 16.0 Å². The zero-order chi connectivity index (χ0) is 13.7. The van der Waals surface area contributed by atoms with Crippen molar-refractivity contribution in [3.63, 3.8) is 0 Å². The summed E-state index contributed by atoms with van der Waals surface area (Å²) in [5.74, 6) is 0.0186. The van der Waals surface area contributed by atoms with E-state index < -0.39 is 0 Å². The molecule has 2 atom stereocenters. The van der Waals surface area contributed by atoms with Crippen LogP contribution in [-0.2, 0) is 9.59 Å². The number of amides is 2. The van der Waals surface area contributed by atoms with Crippen molar-refractivity contribution in [1.29, 1.82) is 0 Å². The Balaban J connectivity index is 1.99. The van der Waals surface area contributed by atoms with Crippen molar-refractivity contribution >= 4 is 11.8 Å². The van der Waals surface area contributed by atoms with Crippen molar-refractivity contribution in [1.82, 2.24) is 16.0 Å². The molecule has 3 N–H and O–H groups in total. The summed E-state index contributed by atoms with van der Waals surface area (Å²) in [7, 11) is 0. The van der Waals surface area contributed by atoms with Crippen LogP contribution in [0, 0.1) is 5.41 Å². The molecule has 0 aromatic carbocycles. The fraction of sp³-hybridized carbons (Fsp3) is 0.857. The number of carbonyl (C=O) groups excluding carboxylic acids is 2. The Hall–Kier alpha value is -1.10. The third-order valence-corrected chi connectivity index (χ3v) is 4.47. The molecule has 2 aliphatic rings. The van der Waals surface area contributed by atoms with E-state index in [4.69, 9.17) is 0 Å². The van der Waals surface area contributed by atoms with E-state index >= 15 is 0 Å². The second-order valence-electron chi connectivity index (χ2n) is 5.73. The number of hydrogen-bond acceptors (Lipinski definition) is 3. The summed E-state index contributed by atoms with van der Waals surface area (Å²) in [6, 6.07) is -0.347. The van der Waals surface area contributed by atoms with Crippen LogP contribution >= 0.6 is 0 Å². The highest BCUT2D eigenvalue weighted by atomic mass is 16.2. The lowest BCUT2D eigenvalue weighted by molar-refractivity contribution is -0.136. The van der Waals surface area contributed by atoms with Gasteiger partial charge in [-0.3, -0.25) is 9.59 Å². The second kappa shape index (κ2) is 6.37. The summed E-state index contributed by atoms with van der Waals surface area (Å²) in [5, 5.41) is 9.15. The minimum atomic E-state index is -0.347. The van der Waals surface area contributed by atoms with Crippen molar-refractivity contribution in [2.45, 2.75) is 51.5 Å². The molecule has 0 aromatic heterocycles. The maximum Gasteiger partial charge on any atom is 0.242 e. The second-order valence-corrected chi connectivity index (χ2v) is 5.73. The Morgan fingerprint density at radius 3 is 2.89 bits per heavy atom. The van der Waals surface area contributed by atoms with Gasteiger partial charge in [0.15, 0.2) is 0 Å². The smallest absolute Gasteiger partial charge is 0.242 e. The topological polar surface area (TPSA) is 70.2 Å². The molecule has 0 spiro atoms. The summed E-state index contributed by atoms with van der Waals surface area (Å²) < 4.78 is 0. The molecule has 108 valence electrons. The fourth-order valence-corrected chi connectivity index (χ4v) is 3.01. The van der Waals surface area contributed by atoms with Crippen LogP contribution in [0.3, 0.4) is 0 Å². The number of rotatable bonds is 3. The Morgan fingerprint density at radius 2 is 2.21 bits per heavy atom. The molecule has 2 heterocycles. The normalized spacial score (nSPS) is 32.3.